The Bertz CT molecular complexity index is 686. The van der Waals surface area contributed by atoms with Crippen molar-refractivity contribution in [3.8, 4) is 0 Å². The van der Waals surface area contributed by atoms with E-state index in [0.717, 1.165) is 11.3 Å². The van der Waals surface area contributed by atoms with Crippen LogP contribution in [0.3, 0.4) is 0 Å². The molecule has 10 heteroatoms. The van der Waals surface area contributed by atoms with Crippen molar-refractivity contribution >= 4 is 35.5 Å². The maximum atomic E-state index is 12.1. The lowest BCUT2D eigenvalue weighted by molar-refractivity contribution is -0.145. The van der Waals surface area contributed by atoms with Crippen molar-refractivity contribution in [1.29, 1.82) is 0 Å². The van der Waals surface area contributed by atoms with Gasteiger partial charge in [-0.2, -0.15) is 11.8 Å². The van der Waals surface area contributed by atoms with Crippen molar-refractivity contribution < 1.29 is 28.7 Å². The summed E-state index contributed by atoms with van der Waals surface area (Å²) in [6, 6.07) is 9.18. The van der Waals surface area contributed by atoms with E-state index in [1.807, 2.05) is 30.3 Å². The van der Waals surface area contributed by atoms with Crippen molar-refractivity contribution in [3.05, 3.63) is 35.9 Å². The van der Waals surface area contributed by atoms with Crippen molar-refractivity contribution in [2.45, 2.75) is 25.6 Å². The number of hydrogen-bond acceptors (Lipinski definition) is 8. The van der Waals surface area contributed by atoms with Gasteiger partial charge in [-0.3, -0.25) is 24.5 Å². The topological polar surface area (TPSA) is 123 Å². The minimum absolute atomic E-state index is 0.152. The molecule has 0 saturated heterocycles. The van der Waals surface area contributed by atoms with Gasteiger partial charge in [-0.15, -0.1) is 0 Å². The van der Waals surface area contributed by atoms with Gasteiger partial charge >= 0.3 is 11.9 Å². The molecule has 30 heavy (non-hydrogen) atoms. The highest BCUT2D eigenvalue weighted by Gasteiger charge is 2.20. The highest BCUT2D eigenvalue weighted by molar-refractivity contribution is 7.98. The summed E-state index contributed by atoms with van der Waals surface area (Å²) in [5, 5.41) is 7.63. The average Bonchev–Trinajstić information content (AvgIpc) is 2.74. The smallest absolute Gasteiger partial charge is 0.325 e. The van der Waals surface area contributed by atoms with Gasteiger partial charge in [0, 0.05) is 11.5 Å². The molecule has 0 bridgehead atoms. The Morgan fingerprint density at radius 2 is 1.53 bits per heavy atom. The summed E-state index contributed by atoms with van der Waals surface area (Å²) in [6.07, 6.45) is 0. The van der Waals surface area contributed by atoms with Crippen LogP contribution in [0.5, 0.6) is 0 Å². The summed E-state index contributed by atoms with van der Waals surface area (Å²) in [5.41, 5.74) is 1.14. The highest BCUT2D eigenvalue weighted by Crippen LogP contribution is 2.13. The summed E-state index contributed by atoms with van der Waals surface area (Å²) < 4.78 is 9.75. The van der Waals surface area contributed by atoms with E-state index >= 15 is 0 Å². The molecule has 0 radical (unpaired) electrons. The molecule has 1 aromatic carbocycles. The number of amides is 2. The predicted molar refractivity (Wildman–Crippen MR) is 114 cm³/mol. The number of hydrogen-bond donors (Lipinski definition) is 3. The van der Waals surface area contributed by atoms with Crippen LogP contribution in [-0.2, 0) is 34.4 Å². The lowest BCUT2D eigenvalue weighted by Gasteiger charge is -2.17. The fraction of sp³-hybridized carbons (Fsp3) is 0.500. The fourth-order valence-electron chi connectivity index (χ4n) is 2.22. The third kappa shape index (κ3) is 11.4. The van der Waals surface area contributed by atoms with Crippen LogP contribution >= 0.6 is 11.8 Å². The molecule has 1 atom stereocenters. The van der Waals surface area contributed by atoms with Crippen LogP contribution in [0.1, 0.15) is 19.4 Å². The molecule has 0 aliphatic rings. The van der Waals surface area contributed by atoms with Crippen molar-refractivity contribution in [2.24, 2.45) is 0 Å². The molecule has 0 heterocycles. The van der Waals surface area contributed by atoms with E-state index in [1.54, 1.807) is 25.6 Å². The number of esters is 2. The van der Waals surface area contributed by atoms with Crippen LogP contribution in [-0.4, -0.2) is 68.4 Å². The molecule has 0 fully saturated rings. The Labute approximate surface area is 180 Å². The molecular formula is C20H29N3O6S. The van der Waals surface area contributed by atoms with Crippen LogP contribution in [0.2, 0.25) is 0 Å². The molecule has 166 valence electrons. The third-order valence-corrected chi connectivity index (χ3v) is 4.76. The monoisotopic (exact) mass is 439 g/mol. The van der Waals surface area contributed by atoms with Crippen LogP contribution < -0.4 is 16.0 Å². The largest absolute Gasteiger partial charge is 0.465 e. The van der Waals surface area contributed by atoms with Gasteiger partial charge in [-0.1, -0.05) is 30.3 Å². The zero-order chi connectivity index (χ0) is 22.2. The van der Waals surface area contributed by atoms with Crippen molar-refractivity contribution in [1.82, 2.24) is 16.0 Å². The molecule has 2 amide bonds. The van der Waals surface area contributed by atoms with Gasteiger partial charge in [0.2, 0.25) is 11.8 Å². The summed E-state index contributed by atoms with van der Waals surface area (Å²) in [5.74, 6) is -0.797. The average molecular weight is 440 g/mol. The number of thioether (sulfide) groups is 1. The first kappa shape index (κ1) is 25.4. The maximum Gasteiger partial charge on any atom is 0.325 e. The van der Waals surface area contributed by atoms with E-state index in [1.165, 1.54) is 0 Å². The Morgan fingerprint density at radius 1 is 0.900 bits per heavy atom. The standard InChI is InChI=1S/C20H29N3O6S/c1-3-28-19(26)12-23-18(25)11-22-17(24)10-21-16(20(27)29-4-2)14-30-13-15-8-6-5-7-9-15/h5-9,16,21H,3-4,10-14H2,1-2H3,(H,22,24)(H,23,25). The SMILES string of the molecule is CCOC(=O)CNC(=O)CNC(=O)CNC(CSCc1ccccc1)C(=O)OCC. The van der Waals surface area contributed by atoms with E-state index in [4.69, 9.17) is 4.74 Å². The lowest BCUT2D eigenvalue weighted by atomic mass is 10.2. The second-order valence-corrected chi connectivity index (χ2v) is 7.07. The van der Waals surface area contributed by atoms with Crippen LogP contribution in [0.15, 0.2) is 30.3 Å². The van der Waals surface area contributed by atoms with Gasteiger partial charge < -0.3 is 20.1 Å². The molecule has 9 nitrogen and oxygen atoms in total. The first-order valence-corrected chi connectivity index (χ1v) is 10.8. The fourth-order valence-corrected chi connectivity index (χ4v) is 3.26. The minimum atomic E-state index is -0.651. The molecule has 0 aromatic heterocycles. The van der Waals surface area contributed by atoms with Gasteiger partial charge in [0.15, 0.2) is 0 Å². The second-order valence-electron chi connectivity index (χ2n) is 6.04. The van der Waals surface area contributed by atoms with E-state index in [0.29, 0.717) is 5.75 Å². The number of benzene rings is 1. The zero-order valence-corrected chi connectivity index (χ0v) is 18.1. The quantitative estimate of drug-likeness (QED) is 0.352. The molecular weight excluding hydrogens is 410 g/mol. The van der Waals surface area contributed by atoms with Gasteiger partial charge in [0.25, 0.3) is 0 Å². The molecule has 1 aromatic rings. The number of nitrogens with one attached hydrogen (secondary N) is 3. The van der Waals surface area contributed by atoms with Crippen LogP contribution in [0.4, 0.5) is 0 Å². The number of rotatable bonds is 14. The number of ether oxygens (including phenoxy) is 2. The molecule has 1 rings (SSSR count). The van der Waals surface area contributed by atoms with Gasteiger partial charge in [-0.05, 0) is 19.4 Å². The molecule has 0 aliphatic heterocycles. The molecule has 0 spiro atoms. The summed E-state index contributed by atoms with van der Waals surface area (Å²) in [6.45, 7) is 3.15. The minimum Gasteiger partial charge on any atom is -0.465 e. The van der Waals surface area contributed by atoms with Crippen LogP contribution in [0, 0.1) is 0 Å². The Balaban J connectivity index is 2.36. The van der Waals surface area contributed by atoms with E-state index < -0.39 is 29.8 Å². The molecule has 0 saturated carbocycles. The summed E-state index contributed by atoms with van der Waals surface area (Å²) in [7, 11) is 0. The van der Waals surface area contributed by atoms with Gasteiger partial charge in [-0.25, -0.2) is 0 Å². The van der Waals surface area contributed by atoms with Gasteiger partial charge in [0.05, 0.1) is 26.3 Å². The van der Waals surface area contributed by atoms with Gasteiger partial charge in [0.1, 0.15) is 12.6 Å². The van der Waals surface area contributed by atoms with Crippen molar-refractivity contribution in [2.75, 3.05) is 38.6 Å². The highest BCUT2D eigenvalue weighted by atomic mass is 32.2. The molecule has 0 aliphatic carbocycles. The maximum absolute atomic E-state index is 12.1. The summed E-state index contributed by atoms with van der Waals surface area (Å²) >= 11 is 1.55. The van der Waals surface area contributed by atoms with E-state index in [9.17, 15) is 19.2 Å². The normalized spacial score (nSPS) is 11.3. The Morgan fingerprint density at radius 3 is 2.20 bits per heavy atom. The van der Waals surface area contributed by atoms with E-state index in [-0.39, 0.29) is 32.8 Å². The third-order valence-electron chi connectivity index (χ3n) is 3.66. The first-order valence-electron chi connectivity index (χ1n) is 9.66. The summed E-state index contributed by atoms with van der Waals surface area (Å²) in [4.78, 5) is 46.9. The van der Waals surface area contributed by atoms with E-state index in [2.05, 4.69) is 20.7 Å². The number of carbonyl (C=O) groups excluding carboxylic acids is 4. The predicted octanol–water partition coefficient (Wildman–Crippen LogP) is 0.237. The second kappa shape index (κ2) is 15.3. The first-order chi connectivity index (χ1) is 14.5. The Hall–Kier alpha value is -2.59. The van der Waals surface area contributed by atoms with Crippen LogP contribution in [0.25, 0.3) is 0 Å². The van der Waals surface area contributed by atoms with Crippen molar-refractivity contribution in [3.63, 3.8) is 0 Å². The molecule has 3 N–H and O–H groups in total. The lowest BCUT2D eigenvalue weighted by Crippen LogP contribution is -2.47. The Kier molecular flexibility index (Phi) is 13.0. The number of carbonyl (C=O) groups is 4. The zero-order valence-electron chi connectivity index (χ0n) is 17.3. The molecule has 1 unspecified atom stereocenters.